The molecule has 0 saturated carbocycles. The fraction of sp³-hybridized carbons (Fsp3) is 0.423. The summed E-state index contributed by atoms with van der Waals surface area (Å²) in [4.78, 5) is 37.8. The second-order valence-corrected chi connectivity index (χ2v) is 8.86. The van der Waals surface area contributed by atoms with Gasteiger partial charge in [0, 0.05) is 25.0 Å². The summed E-state index contributed by atoms with van der Waals surface area (Å²) in [6.45, 7) is 2.25. The Morgan fingerprint density at radius 1 is 1.09 bits per heavy atom. The molecule has 8 nitrogen and oxygen atoms in total. The van der Waals surface area contributed by atoms with Crippen molar-refractivity contribution in [1.29, 1.82) is 0 Å². The van der Waals surface area contributed by atoms with E-state index in [4.69, 9.17) is 4.74 Å². The molecule has 180 valence electrons. The van der Waals surface area contributed by atoms with Crippen molar-refractivity contribution in [1.82, 2.24) is 10.2 Å². The van der Waals surface area contributed by atoms with Crippen molar-refractivity contribution in [3.05, 3.63) is 59.7 Å². The molecule has 3 atom stereocenters. The Labute approximate surface area is 198 Å². The highest BCUT2D eigenvalue weighted by Gasteiger charge is 2.40. The summed E-state index contributed by atoms with van der Waals surface area (Å²) in [5.74, 6) is -1.85. The van der Waals surface area contributed by atoms with Gasteiger partial charge in [0.2, 0.25) is 5.91 Å². The first-order valence-corrected chi connectivity index (χ1v) is 11.7. The largest absolute Gasteiger partial charge is 0.481 e. The third kappa shape index (κ3) is 4.77. The zero-order chi connectivity index (χ0) is 24.2. The Kier molecular flexibility index (Phi) is 7.17. The van der Waals surface area contributed by atoms with E-state index in [0.29, 0.717) is 19.4 Å². The summed E-state index contributed by atoms with van der Waals surface area (Å²) in [6, 6.07) is 15.7. The number of aliphatic hydroxyl groups is 1. The Morgan fingerprint density at radius 2 is 1.71 bits per heavy atom. The maximum atomic E-state index is 12.6. The number of likely N-dealkylation sites (tertiary alicyclic amines) is 1. The molecular weight excluding hydrogens is 436 g/mol. The highest BCUT2D eigenvalue weighted by atomic mass is 16.5. The minimum Gasteiger partial charge on any atom is -0.481 e. The van der Waals surface area contributed by atoms with E-state index in [9.17, 15) is 24.6 Å². The van der Waals surface area contributed by atoms with E-state index < -0.39 is 24.1 Å². The fourth-order valence-electron chi connectivity index (χ4n) is 5.20. The molecule has 3 unspecified atom stereocenters. The molecule has 2 aliphatic rings. The topological polar surface area (TPSA) is 116 Å². The van der Waals surface area contributed by atoms with Crippen LogP contribution in [0.4, 0.5) is 4.79 Å². The maximum absolute atomic E-state index is 12.6. The number of benzene rings is 2. The molecule has 0 spiro atoms. The number of carboxylic acids is 1. The minimum atomic E-state index is -1.09. The summed E-state index contributed by atoms with van der Waals surface area (Å²) in [5.41, 5.74) is 4.49. The number of hydrogen-bond acceptors (Lipinski definition) is 5. The van der Waals surface area contributed by atoms with Gasteiger partial charge >= 0.3 is 12.1 Å². The van der Waals surface area contributed by atoms with E-state index in [1.807, 2.05) is 43.3 Å². The number of nitrogens with zero attached hydrogens (tertiary/aromatic N) is 1. The van der Waals surface area contributed by atoms with E-state index >= 15 is 0 Å². The molecule has 1 aliphatic heterocycles. The van der Waals surface area contributed by atoms with E-state index in [2.05, 4.69) is 17.4 Å². The molecule has 1 fully saturated rings. The SMILES string of the molecule is CCC1C(C(=O)O)CCN1C(=O)CC(O)CNC(=O)OCC1c2ccccc2-c2ccccc21. The highest BCUT2D eigenvalue weighted by molar-refractivity contribution is 5.80. The molecule has 2 amide bonds. The third-order valence-electron chi connectivity index (χ3n) is 6.84. The lowest BCUT2D eigenvalue weighted by atomic mass is 9.98. The van der Waals surface area contributed by atoms with Crippen LogP contribution in [0.25, 0.3) is 11.1 Å². The van der Waals surface area contributed by atoms with Crippen molar-refractivity contribution in [2.24, 2.45) is 5.92 Å². The first-order chi connectivity index (χ1) is 16.4. The molecule has 3 N–H and O–H groups in total. The lowest BCUT2D eigenvalue weighted by Gasteiger charge is -2.26. The van der Waals surface area contributed by atoms with Gasteiger partial charge in [-0.25, -0.2) is 4.79 Å². The second-order valence-electron chi connectivity index (χ2n) is 8.86. The van der Waals surface area contributed by atoms with Crippen LogP contribution in [0.15, 0.2) is 48.5 Å². The number of carbonyl (C=O) groups is 3. The number of alkyl carbamates (subject to hydrolysis) is 1. The van der Waals surface area contributed by atoms with Crippen LogP contribution in [0.5, 0.6) is 0 Å². The van der Waals surface area contributed by atoms with Crippen LogP contribution in [0.2, 0.25) is 0 Å². The molecule has 0 bridgehead atoms. The number of carbonyl (C=O) groups excluding carboxylic acids is 2. The number of carboxylic acid groups (broad SMARTS) is 1. The number of nitrogens with one attached hydrogen (secondary N) is 1. The molecular formula is C26H30N2O6. The Balaban J connectivity index is 1.26. The average molecular weight is 467 g/mol. The molecule has 1 saturated heterocycles. The molecule has 2 aromatic carbocycles. The summed E-state index contributed by atoms with van der Waals surface area (Å²) in [6.07, 6.45) is -0.988. The van der Waals surface area contributed by atoms with Crippen LogP contribution >= 0.6 is 0 Å². The van der Waals surface area contributed by atoms with Crippen molar-refractivity contribution in [2.45, 2.75) is 44.2 Å². The number of rotatable bonds is 8. The first kappa shape index (κ1) is 23.8. The average Bonchev–Trinajstić information content (AvgIpc) is 3.41. The predicted molar refractivity (Wildman–Crippen MR) is 125 cm³/mol. The van der Waals surface area contributed by atoms with Gasteiger partial charge in [-0.1, -0.05) is 55.5 Å². The Bertz CT molecular complexity index is 1030. The molecule has 2 aromatic rings. The van der Waals surface area contributed by atoms with E-state index in [1.54, 1.807) is 0 Å². The van der Waals surface area contributed by atoms with Crippen molar-refractivity contribution in [3.63, 3.8) is 0 Å². The van der Waals surface area contributed by atoms with Gasteiger partial charge in [-0.3, -0.25) is 9.59 Å². The quantitative estimate of drug-likeness (QED) is 0.551. The molecule has 1 aliphatic carbocycles. The summed E-state index contributed by atoms with van der Waals surface area (Å²) < 4.78 is 5.45. The molecule has 34 heavy (non-hydrogen) atoms. The number of ether oxygens (including phenoxy) is 1. The van der Waals surface area contributed by atoms with Gasteiger partial charge in [0.15, 0.2) is 0 Å². The van der Waals surface area contributed by atoms with Gasteiger partial charge in [-0.05, 0) is 35.1 Å². The van der Waals surface area contributed by atoms with Gasteiger partial charge in [0.25, 0.3) is 0 Å². The molecule has 4 rings (SSSR count). The maximum Gasteiger partial charge on any atom is 0.407 e. The smallest absolute Gasteiger partial charge is 0.407 e. The van der Waals surface area contributed by atoms with E-state index in [-0.39, 0.29) is 37.4 Å². The normalized spacial score (nSPS) is 19.9. The van der Waals surface area contributed by atoms with Crippen LogP contribution in [-0.4, -0.2) is 64.9 Å². The van der Waals surface area contributed by atoms with Gasteiger partial charge < -0.3 is 25.2 Å². The van der Waals surface area contributed by atoms with Crippen LogP contribution in [0.3, 0.4) is 0 Å². The zero-order valence-corrected chi connectivity index (χ0v) is 19.1. The fourth-order valence-corrected chi connectivity index (χ4v) is 5.20. The van der Waals surface area contributed by atoms with Gasteiger partial charge in [-0.15, -0.1) is 0 Å². The monoisotopic (exact) mass is 466 g/mol. The zero-order valence-electron chi connectivity index (χ0n) is 19.1. The lowest BCUT2D eigenvalue weighted by Crippen LogP contribution is -2.42. The minimum absolute atomic E-state index is 0.0621. The van der Waals surface area contributed by atoms with E-state index in [1.165, 1.54) is 4.90 Å². The predicted octanol–water partition coefficient (Wildman–Crippen LogP) is 2.99. The summed E-state index contributed by atoms with van der Waals surface area (Å²) >= 11 is 0. The van der Waals surface area contributed by atoms with Crippen molar-refractivity contribution in [2.75, 3.05) is 19.7 Å². The number of aliphatic carboxylic acids is 1. The summed E-state index contributed by atoms with van der Waals surface area (Å²) in [7, 11) is 0. The van der Waals surface area contributed by atoms with Gasteiger partial charge in [-0.2, -0.15) is 0 Å². The molecule has 0 aromatic heterocycles. The highest BCUT2D eigenvalue weighted by Crippen LogP contribution is 2.44. The van der Waals surface area contributed by atoms with Gasteiger partial charge in [0.1, 0.15) is 6.61 Å². The first-order valence-electron chi connectivity index (χ1n) is 11.7. The second kappa shape index (κ2) is 10.3. The lowest BCUT2D eigenvalue weighted by molar-refractivity contribution is -0.143. The number of amides is 2. The number of hydrogen-bond donors (Lipinski definition) is 3. The standard InChI is InChI=1S/C26H30N2O6/c1-2-23-21(25(31)32)11-12-28(23)24(30)13-16(29)14-27-26(33)34-15-22-19-9-5-3-7-17(19)18-8-4-6-10-20(18)22/h3-10,16,21-23,29H,2,11-15H2,1H3,(H,27,33)(H,31,32). The van der Waals surface area contributed by atoms with E-state index in [0.717, 1.165) is 22.3 Å². The van der Waals surface area contributed by atoms with Crippen molar-refractivity contribution < 1.29 is 29.3 Å². The van der Waals surface area contributed by atoms with Crippen molar-refractivity contribution in [3.8, 4) is 11.1 Å². The molecule has 0 radical (unpaired) electrons. The van der Waals surface area contributed by atoms with Crippen LogP contribution in [0.1, 0.15) is 43.2 Å². The number of aliphatic hydroxyl groups excluding tert-OH is 1. The molecule has 8 heteroatoms. The molecule has 1 heterocycles. The van der Waals surface area contributed by atoms with Gasteiger partial charge in [0.05, 0.1) is 18.4 Å². The van der Waals surface area contributed by atoms with Crippen molar-refractivity contribution >= 4 is 18.0 Å². The van der Waals surface area contributed by atoms with Crippen LogP contribution < -0.4 is 5.32 Å². The van der Waals surface area contributed by atoms with Crippen LogP contribution in [0, 0.1) is 5.92 Å². The summed E-state index contributed by atoms with van der Waals surface area (Å²) in [5, 5.41) is 22.1. The number of fused-ring (bicyclic) bond motifs is 3. The third-order valence-corrected chi connectivity index (χ3v) is 6.84. The Hall–Kier alpha value is -3.39. The Morgan fingerprint density at radius 3 is 2.29 bits per heavy atom. The van der Waals surface area contributed by atoms with Crippen LogP contribution in [-0.2, 0) is 14.3 Å².